The van der Waals surface area contributed by atoms with Gasteiger partial charge in [0.25, 0.3) is 0 Å². The highest BCUT2D eigenvalue weighted by Gasteiger charge is 2.24. The smallest absolute Gasteiger partial charge is 0.180 e. The van der Waals surface area contributed by atoms with Crippen molar-refractivity contribution in [2.45, 2.75) is 13.8 Å². The van der Waals surface area contributed by atoms with E-state index in [-0.39, 0.29) is 23.5 Å². The largest absolute Gasteiger partial charge is 0.452 e. The van der Waals surface area contributed by atoms with E-state index < -0.39 is 18.1 Å². The fraction of sp³-hybridized carbons (Fsp3) is 0.0435. The monoisotopic (exact) mass is 676 g/mol. The van der Waals surface area contributed by atoms with Gasteiger partial charge in [0.05, 0.1) is 17.9 Å². The molecular weight excluding hydrogens is 643 g/mol. The summed E-state index contributed by atoms with van der Waals surface area (Å²) in [5.41, 5.74) is 8.05. The van der Waals surface area contributed by atoms with E-state index >= 15 is 0 Å². The summed E-state index contributed by atoms with van der Waals surface area (Å²) < 4.78 is 53.9. The summed E-state index contributed by atoms with van der Waals surface area (Å²) in [5, 5.41) is 8.07. The van der Waals surface area contributed by atoms with Crippen LogP contribution in [0.4, 0.5) is 0 Å². The number of fused-ring (bicyclic) bond motifs is 13. The van der Waals surface area contributed by atoms with Crippen LogP contribution in [0, 0.1) is 13.8 Å². The van der Waals surface area contributed by atoms with E-state index in [4.69, 9.17) is 21.2 Å². The number of hydrogen-bond donors (Lipinski definition) is 0. The molecule has 0 saturated carbocycles. The molecule has 0 bridgehead atoms. The molecule has 0 aliphatic rings. The molecule has 0 aliphatic heterocycles. The van der Waals surface area contributed by atoms with Crippen molar-refractivity contribution in [1.82, 2.24) is 14.5 Å². The van der Waals surface area contributed by atoms with Crippen LogP contribution in [-0.2, 0) is 0 Å². The lowest BCUT2D eigenvalue weighted by Crippen LogP contribution is -2.01. The molecule has 0 spiro atoms. The Balaban J connectivity index is 1.24. The zero-order valence-corrected chi connectivity index (χ0v) is 28.4. The van der Waals surface area contributed by atoms with Gasteiger partial charge in [-0.25, -0.2) is 9.97 Å². The van der Waals surface area contributed by atoms with Gasteiger partial charge in [0.2, 0.25) is 0 Å². The van der Waals surface area contributed by atoms with Crippen molar-refractivity contribution in [3.8, 4) is 28.3 Å². The maximum Gasteiger partial charge on any atom is 0.180 e. The van der Waals surface area contributed by atoms with Gasteiger partial charge in [0.15, 0.2) is 11.4 Å². The molecule has 240 valence electrons. The Morgan fingerprint density at radius 3 is 2.22 bits per heavy atom. The molecule has 4 nitrogen and oxygen atoms in total. The summed E-state index contributed by atoms with van der Waals surface area (Å²) in [6.45, 7) is 4.16. The van der Waals surface area contributed by atoms with E-state index in [0.717, 1.165) is 38.8 Å². The van der Waals surface area contributed by atoms with Crippen LogP contribution in [0.25, 0.3) is 103 Å². The number of aryl methyl sites for hydroxylation is 2. The van der Waals surface area contributed by atoms with Crippen molar-refractivity contribution in [2.75, 3.05) is 0 Å². The molecule has 0 atom stereocenters. The predicted octanol–water partition coefficient (Wildman–Crippen LogP) is 12.9. The summed E-state index contributed by atoms with van der Waals surface area (Å²) in [4.78, 5) is 9.82. The third-order valence-electron chi connectivity index (χ3n) is 10.1. The third-order valence-corrected chi connectivity index (χ3v) is 11.3. The SMILES string of the molecule is [2H]c1c([2H])c([2H])c(-c2nc(-c3cc(C)c(-n4c5ccccc5c5c6ccccc6c6sc7ccccc7c6c54)cc3C)c3oc4ccccc4c3n2)c([2H])c1[2H]. The van der Waals surface area contributed by atoms with E-state index in [1.165, 1.54) is 41.7 Å². The zero-order chi connectivity index (χ0) is 38.1. The molecule has 0 fully saturated rings. The molecule has 7 aromatic carbocycles. The lowest BCUT2D eigenvalue weighted by atomic mass is 9.98. The Morgan fingerprint density at radius 2 is 1.37 bits per heavy atom. The molecule has 11 aromatic rings. The Hall–Kier alpha value is -6.30. The summed E-state index contributed by atoms with van der Waals surface area (Å²) in [6.07, 6.45) is 0. The maximum atomic E-state index is 8.77. The average molecular weight is 677 g/mol. The number of hydrogen-bond acceptors (Lipinski definition) is 4. The van der Waals surface area contributed by atoms with Gasteiger partial charge in [0, 0.05) is 58.5 Å². The predicted molar refractivity (Wildman–Crippen MR) is 214 cm³/mol. The van der Waals surface area contributed by atoms with Crippen LogP contribution in [0.1, 0.15) is 18.0 Å². The minimum Gasteiger partial charge on any atom is -0.452 e. The lowest BCUT2D eigenvalue weighted by Gasteiger charge is -2.17. The first-order chi connectivity index (χ1) is 27.2. The Bertz CT molecular complexity index is 3500. The standard InChI is InChI=1S/C46H29N3OS/c1-26-25-36(27(2)24-34(26)42-44-41(32-19-9-12-22-37(32)50-44)47-46(48-42)28-14-4-3-5-15-28)49-35-21-11-8-18-31(35)39-29-16-6-7-17-30(29)45-40(43(39)49)33-20-10-13-23-38(33)51-45/h3-25H,1-2H3/i3D,4D,5D,14D,15D. The number of aromatic nitrogens is 3. The minimum atomic E-state index is -0.466. The van der Waals surface area contributed by atoms with Crippen LogP contribution in [0.15, 0.2) is 144 Å². The van der Waals surface area contributed by atoms with Crippen molar-refractivity contribution in [3.05, 3.63) is 151 Å². The molecule has 0 unspecified atom stereocenters. The molecule has 0 aliphatic carbocycles. The fourth-order valence-corrected chi connectivity index (χ4v) is 9.16. The van der Waals surface area contributed by atoms with Crippen molar-refractivity contribution in [3.63, 3.8) is 0 Å². The molecule has 4 aromatic heterocycles. The van der Waals surface area contributed by atoms with Gasteiger partial charge in [0.1, 0.15) is 16.8 Å². The Kier molecular flexibility index (Phi) is 4.98. The van der Waals surface area contributed by atoms with Gasteiger partial charge in [-0.15, -0.1) is 11.3 Å². The van der Waals surface area contributed by atoms with E-state index in [0.29, 0.717) is 22.4 Å². The van der Waals surface area contributed by atoms with Gasteiger partial charge in [-0.1, -0.05) is 103 Å². The molecule has 0 amide bonds. The van der Waals surface area contributed by atoms with Crippen LogP contribution >= 0.6 is 11.3 Å². The number of rotatable bonds is 3. The second kappa shape index (κ2) is 10.6. The first kappa shape index (κ1) is 24.0. The van der Waals surface area contributed by atoms with Gasteiger partial charge < -0.3 is 8.98 Å². The van der Waals surface area contributed by atoms with Gasteiger partial charge in [-0.3, -0.25) is 0 Å². The number of nitrogens with zero attached hydrogens (tertiary/aromatic N) is 3. The molecular formula is C46H29N3OS. The number of para-hydroxylation sites is 2. The normalized spacial score (nSPS) is 13.5. The molecule has 5 heteroatoms. The molecule has 11 rings (SSSR count). The van der Waals surface area contributed by atoms with E-state index in [2.05, 4.69) is 103 Å². The second-order valence-electron chi connectivity index (χ2n) is 13.0. The van der Waals surface area contributed by atoms with Crippen LogP contribution in [0.3, 0.4) is 0 Å². The molecule has 0 N–H and O–H groups in total. The number of benzene rings is 7. The number of furan rings is 1. The molecule has 0 saturated heterocycles. The van der Waals surface area contributed by atoms with E-state index in [1.54, 1.807) is 0 Å². The van der Waals surface area contributed by atoms with Gasteiger partial charge >= 0.3 is 0 Å². The summed E-state index contributed by atoms with van der Waals surface area (Å²) in [5.74, 6) is 0.0400. The van der Waals surface area contributed by atoms with Crippen molar-refractivity contribution >= 4 is 86.2 Å². The lowest BCUT2D eigenvalue weighted by molar-refractivity contribution is 0.667. The molecule has 4 heterocycles. The highest BCUT2D eigenvalue weighted by atomic mass is 32.1. The summed E-state index contributed by atoms with van der Waals surface area (Å²) >= 11 is 1.83. The van der Waals surface area contributed by atoms with Crippen LogP contribution in [-0.4, -0.2) is 14.5 Å². The van der Waals surface area contributed by atoms with E-state index in [9.17, 15) is 0 Å². The maximum absolute atomic E-state index is 8.77. The topological polar surface area (TPSA) is 43.9 Å². The first-order valence-electron chi connectivity index (χ1n) is 19.3. The molecule has 0 radical (unpaired) electrons. The van der Waals surface area contributed by atoms with Gasteiger partial charge in [-0.2, -0.15) is 0 Å². The zero-order valence-electron chi connectivity index (χ0n) is 32.6. The van der Waals surface area contributed by atoms with Crippen molar-refractivity contribution in [1.29, 1.82) is 0 Å². The van der Waals surface area contributed by atoms with Crippen LogP contribution in [0.2, 0.25) is 0 Å². The van der Waals surface area contributed by atoms with E-state index in [1.807, 2.05) is 35.6 Å². The molecule has 51 heavy (non-hydrogen) atoms. The summed E-state index contributed by atoms with van der Waals surface area (Å²) in [7, 11) is 0. The summed E-state index contributed by atoms with van der Waals surface area (Å²) in [6, 6.07) is 35.8. The van der Waals surface area contributed by atoms with Crippen LogP contribution in [0.5, 0.6) is 0 Å². The number of thiophene rings is 1. The Labute approximate surface area is 303 Å². The third kappa shape index (κ3) is 4.01. The highest BCUT2D eigenvalue weighted by Crippen LogP contribution is 2.48. The first-order valence-corrected chi connectivity index (χ1v) is 17.7. The quantitative estimate of drug-likeness (QED) is 0.187. The fourth-order valence-electron chi connectivity index (χ4n) is 7.91. The average Bonchev–Trinajstić information content (AvgIpc) is 3.90. The van der Waals surface area contributed by atoms with Crippen LogP contribution < -0.4 is 0 Å². The Morgan fingerprint density at radius 1 is 0.667 bits per heavy atom. The minimum absolute atomic E-state index is 0.0400. The van der Waals surface area contributed by atoms with Gasteiger partial charge in [-0.05, 0) is 66.8 Å². The second-order valence-corrected chi connectivity index (χ2v) is 14.1. The highest BCUT2D eigenvalue weighted by molar-refractivity contribution is 7.27. The van der Waals surface area contributed by atoms with Crippen molar-refractivity contribution in [2.24, 2.45) is 0 Å². The van der Waals surface area contributed by atoms with Crippen molar-refractivity contribution < 1.29 is 11.3 Å².